The SMILES string of the molecule is CC(C)(C)CC1=C[N+](=O)C(=O)C=C1. The molecule has 1 rings (SSSR count). The minimum atomic E-state index is -0.502. The van der Waals surface area contributed by atoms with Gasteiger partial charge in [-0.1, -0.05) is 20.8 Å². The predicted molar refractivity (Wildman–Crippen MR) is 49.9 cm³/mol. The van der Waals surface area contributed by atoms with Gasteiger partial charge in [-0.05, 0) is 17.9 Å². The number of nitrogens with zero attached hydrogens (tertiary/aromatic N) is 1. The van der Waals surface area contributed by atoms with E-state index in [1.807, 2.05) is 0 Å². The summed E-state index contributed by atoms with van der Waals surface area (Å²) in [4.78, 5) is 21.7. The van der Waals surface area contributed by atoms with Gasteiger partial charge in [0.05, 0.1) is 6.08 Å². The summed E-state index contributed by atoms with van der Waals surface area (Å²) < 4.78 is 0.376. The molecule has 0 fully saturated rings. The Bertz CT molecular complexity index is 305. The fraction of sp³-hybridized carbons (Fsp3) is 0.500. The molecule has 1 aliphatic rings. The molecule has 0 aliphatic carbocycles. The van der Waals surface area contributed by atoms with Crippen LogP contribution < -0.4 is 0 Å². The lowest BCUT2D eigenvalue weighted by Crippen LogP contribution is -2.15. The number of amides is 1. The molecule has 0 unspecified atom stereocenters. The lowest BCUT2D eigenvalue weighted by Gasteiger charge is -2.17. The third kappa shape index (κ3) is 2.93. The van der Waals surface area contributed by atoms with Gasteiger partial charge in [0.2, 0.25) is 6.20 Å². The third-order valence-electron chi connectivity index (χ3n) is 1.67. The third-order valence-corrected chi connectivity index (χ3v) is 1.67. The number of rotatable bonds is 1. The zero-order valence-corrected chi connectivity index (χ0v) is 8.20. The van der Waals surface area contributed by atoms with Gasteiger partial charge in [-0.3, -0.25) is 0 Å². The minimum Gasteiger partial charge on any atom is -0.210 e. The fourth-order valence-corrected chi connectivity index (χ4v) is 1.23. The number of hydrogen-bond acceptors (Lipinski definition) is 2. The van der Waals surface area contributed by atoms with Crippen LogP contribution in [0.15, 0.2) is 23.9 Å². The normalized spacial score (nSPS) is 17.6. The molecule has 0 aromatic rings. The molecule has 70 valence electrons. The molecule has 13 heavy (non-hydrogen) atoms. The average Bonchev–Trinajstić information content (AvgIpc) is 1.94. The van der Waals surface area contributed by atoms with Gasteiger partial charge in [-0.25, -0.2) is 4.79 Å². The van der Waals surface area contributed by atoms with Crippen molar-refractivity contribution < 1.29 is 9.55 Å². The average molecular weight is 180 g/mol. The lowest BCUT2D eigenvalue weighted by atomic mass is 9.88. The first-order chi connectivity index (χ1) is 5.88. The first-order valence-corrected chi connectivity index (χ1v) is 4.27. The van der Waals surface area contributed by atoms with Gasteiger partial charge >= 0.3 is 5.91 Å². The molecule has 0 spiro atoms. The highest BCUT2D eigenvalue weighted by Gasteiger charge is 2.23. The van der Waals surface area contributed by atoms with Crippen molar-refractivity contribution in [1.82, 2.24) is 0 Å². The van der Waals surface area contributed by atoms with Crippen molar-refractivity contribution in [3.63, 3.8) is 0 Å². The van der Waals surface area contributed by atoms with E-state index in [0.29, 0.717) is 4.76 Å². The zero-order chi connectivity index (χ0) is 10.1. The van der Waals surface area contributed by atoms with E-state index >= 15 is 0 Å². The fourth-order valence-electron chi connectivity index (χ4n) is 1.23. The van der Waals surface area contributed by atoms with E-state index in [1.165, 1.54) is 12.3 Å². The van der Waals surface area contributed by atoms with Gasteiger partial charge in [-0.2, -0.15) is 0 Å². The van der Waals surface area contributed by atoms with Crippen LogP contribution in [0, 0.1) is 10.3 Å². The maximum atomic E-state index is 10.9. The van der Waals surface area contributed by atoms with E-state index in [0.717, 1.165) is 12.0 Å². The smallest absolute Gasteiger partial charge is 0.210 e. The summed E-state index contributed by atoms with van der Waals surface area (Å²) in [5, 5.41) is 0. The van der Waals surface area contributed by atoms with Crippen molar-refractivity contribution in [2.75, 3.05) is 0 Å². The summed E-state index contributed by atoms with van der Waals surface area (Å²) in [7, 11) is 0. The summed E-state index contributed by atoms with van der Waals surface area (Å²) in [5.41, 5.74) is 1.04. The van der Waals surface area contributed by atoms with Gasteiger partial charge in [0.1, 0.15) is 4.76 Å². The second-order valence-corrected chi connectivity index (χ2v) is 4.44. The van der Waals surface area contributed by atoms with Gasteiger partial charge in [0.25, 0.3) is 0 Å². The zero-order valence-electron chi connectivity index (χ0n) is 8.20. The number of carbonyl (C=O) groups excluding carboxylic acids is 1. The van der Waals surface area contributed by atoms with Gasteiger partial charge < -0.3 is 0 Å². The molecule has 3 heteroatoms. The molecule has 0 saturated carbocycles. The highest BCUT2D eigenvalue weighted by molar-refractivity contribution is 5.81. The Morgan fingerprint density at radius 2 is 1.92 bits per heavy atom. The van der Waals surface area contributed by atoms with Crippen LogP contribution in [0.3, 0.4) is 0 Å². The quantitative estimate of drug-likeness (QED) is 0.580. The van der Waals surface area contributed by atoms with Crippen molar-refractivity contribution in [2.45, 2.75) is 27.2 Å². The van der Waals surface area contributed by atoms with E-state index in [4.69, 9.17) is 0 Å². The largest absolute Gasteiger partial charge is 0.464 e. The Kier molecular flexibility index (Phi) is 2.45. The van der Waals surface area contributed by atoms with Crippen molar-refractivity contribution in [2.24, 2.45) is 5.41 Å². The number of nitroso groups, excluding NO2 is 1. The van der Waals surface area contributed by atoms with E-state index in [2.05, 4.69) is 20.8 Å². The summed E-state index contributed by atoms with van der Waals surface area (Å²) in [6.07, 6.45) is 5.18. The highest BCUT2D eigenvalue weighted by atomic mass is 16.3. The molecular formula is C10H14NO2+. The number of allylic oxidation sites excluding steroid dienone is 2. The van der Waals surface area contributed by atoms with Crippen LogP contribution in [0.4, 0.5) is 0 Å². The predicted octanol–water partition coefficient (Wildman–Crippen LogP) is 2.18. The van der Waals surface area contributed by atoms with E-state index in [9.17, 15) is 9.70 Å². The highest BCUT2D eigenvalue weighted by Crippen LogP contribution is 2.25. The van der Waals surface area contributed by atoms with Gasteiger partial charge in [0.15, 0.2) is 0 Å². The molecule has 0 aromatic heterocycles. The van der Waals surface area contributed by atoms with Crippen molar-refractivity contribution in [3.05, 3.63) is 28.8 Å². The summed E-state index contributed by atoms with van der Waals surface area (Å²) in [6.45, 7) is 6.27. The second kappa shape index (κ2) is 3.24. The van der Waals surface area contributed by atoms with Crippen LogP contribution in [0.2, 0.25) is 0 Å². The van der Waals surface area contributed by atoms with E-state index in [-0.39, 0.29) is 5.41 Å². The Labute approximate surface area is 77.7 Å². The molecule has 1 amide bonds. The maximum Gasteiger partial charge on any atom is 0.464 e. The van der Waals surface area contributed by atoms with Crippen LogP contribution >= 0.6 is 0 Å². The molecule has 0 atom stereocenters. The molecule has 3 nitrogen and oxygen atoms in total. The Hall–Kier alpha value is -1.25. The lowest BCUT2D eigenvalue weighted by molar-refractivity contribution is -0.397. The van der Waals surface area contributed by atoms with Crippen LogP contribution in [-0.2, 0) is 4.79 Å². The molecule has 1 heterocycles. The van der Waals surface area contributed by atoms with Crippen molar-refractivity contribution >= 4 is 5.91 Å². The standard InChI is InChI=1S/C10H14NO2/c1-10(2,3)6-8-4-5-9(12)11(13)7-8/h4-5,7H,6H2,1-3H3/q+1. The second-order valence-electron chi connectivity index (χ2n) is 4.44. The molecule has 1 aliphatic heterocycles. The Balaban J connectivity index is 2.75. The molecule has 0 N–H and O–H groups in total. The summed E-state index contributed by atoms with van der Waals surface area (Å²) >= 11 is 0. The molecule has 0 radical (unpaired) electrons. The number of hydrogen-bond donors (Lipinski definition) is 0. The van der Waals surface area contributed by atoms with Gasteiger partial charge in [-0.15, -0.1) is 0 Å². The van der Waals surface area contributed by atoms with Crippen molar-refractivity contribution in [3.8, 4) is 0 Å². The Morgan fingerprint density at radius 1 is 1.31 bits per heavy atom. The molecular weight excluding hydrogens is 166 g/mol. The van der Waals surface area contributed by atoms with Crippen LogP contribution in [0.25, 0.3) is 0 Å². The van der Waals surface area contributed by atoms with E-state index < -0.39 is 5.91 Å². The first-order valence-electron chi connectivity index (χ1n) is 4.27. The molecule has 0 saturated heterocycles. The maximum absolute atomic E-state index is 10.9. The first kappa shape index (κ1) is 9.84. The van der Waals surface area contributed by atoms with Crippen LogP contribution in [0.5, 0.6) is 0 Å². The topological polar surface area (TPSA) is 37.1 Å². The molecule has 0 aromatic carbocycles. The number of carbonyl (C=O) groups is 1. The van der Waals surface area contributed by atoms with Gasteiger partial charge in [0, 0.05) is 10.5 Å². The van der Waals surface area contributed by atoms with Crippen LogP contribution in [-0.4, -0.2) is 10.7 Å². The summed E-state index contributed by atoms with van der Waals surface area (Å²) in [6, 6.07) is 0. The summed E-state index contributed by atoms with van der Waals surface area (Å²) in [5.74, 6) is -0.502. The monoisotopic (exact) mass is 180 g/mol. The van der Waals surface area contributed by atoms with Crippen LogP contribution in [0.1, 0.15) is 27.2 Å². The minimum absolute atomic E-state index is 0.136. The van der Waals surface area contributed by atoms with Crippen molar-refractivity contribution in [1.29, 1.82) is 0 Å². The Morgan fingerprint density at radius 3 is 2.38 bits per heavy atom. The van der Waals surface area contributed by atoms with E-state index in [1.54, 1.807) is 6.08 Å². The molecule has 0 bridgehead atoms.